The van der Waals surface area contributed by atoms with Crippen molar-refractivity contribution < 1.29 is 14.7 Å². The molecular formula is C15H18N4O3S. The zero-order valence-corrected chi connectivity index (χ0v) is 13.7. The molecule has 0 spiro atoms. The first-order chi connectivity index (χ1) is 10.9. The monoisotopic (exact) mass is 334 g/mol. The Kier molecular flexibility index (Phi) is 5.28. The second-order valence-corrected chi connectivity index (χ2v) is 6.40. The number of urea groups is 1. The molecule has 7 nitrogen and oxygen atoms in total. The molecule has 8 heteroatoms. The van der Waals surface area contributed by atoms with E-state index in [-0.39, 0.29) is 6.42 Å². The fourth-order valence-electron chi connectivity index (χ4n) is 1.90. The Morgan fingerprint density at radius 2 is 1.96 bits per heavy atom. The van der Waals surface area contributed by atoms with Gasteiger partial charge in [-0.05, 0) is 20.3 Å². The van der Waals surface area contributed by atoms with Gasteiger partial charge in [0.15, 0.2) is 5.82 Å². The fourth-order valence-corrected chi connectivity index (χ4v) is 2.48. The minimum atomic E-state index is -0.892. The third kappa shape index (κ3) is 5.33. The van der Waals surface area contributed by atoms with Crippen LogP contribution < -0.4 is 10.6 Å². The predicted octanol–water partition coefficient (Wildman–Crippen LogP) is 2.97. The lowest BCUT2D eigenvalue weighted by molar-refractivity contribution is -0.137. The number of hydrogen-bond acceptors (Lipinski definition) is 5. The number of anilines is 1. The van der Waals surface area contributed by atoms with Crippen LogP contribution in [-0.4, -0.2) is 32.0 Å². The Morgan fingerprint density at radius 3 is 2.61 bits per heavy atom. The minimum absolute atomic E-state index is 0.00968. The van der Waals surface area contributed by atoms with Gasteiger partial charge in [-0.3, -0.25) is 10.1 Å². The van der Waals surface area contributed by atoms with Gasteiger partial charge in [0.25, 0.3) is 0 Å². The molecule has 1 heterocycles. The van der Waals surface area contributed by atoms with Crippen LogP contribution in [0.2, 0.25) is 0 Å². The second-order valence-electron chi connectivity index (χ2n) is 5.65. The first-order valence-electron chi connectivity index (χ1n) is 7.06. The number of aliphatic carboxylic acids is 1. The van der Waals surface area contributed by atoms with Gasteiger partial charge in [0.2, 0.25) is 5.13 Å². The lowest BCUT2D eigenvalue weighted by Gasteiger charge is -2.25. The van der Waals surface area contributed by atoms with E-state index in [1.54, 1.807) is 13.8 Å². The van der Waals surface area contributed by atoms with E-state index in [9.17, 15) is 9.59 Å². The highest BCUT2D eigenvalue weighted by Crippen LogP contribution is 2.20. The van der Waals surface area contributed by atoms with Crippen molar-refractivity contribution >= 4 is 28.7 Å². The standard InChI is InChI=1S/C15H18N4O3S/c1-15(2,9-8-11(20)21)18-13(22)17-14-16-12(19-23-14)10-6-4-3-5-7-10/h3-7H,8-9H2,1-2H3,(H,20,21)(H2,16,17,18,19,22). The summed E-state index contributed by atoms with van der Waals surface area (Å²) in [4.78, 5) is 26.9. The van der Waals surface area contributed by atoms with Gasteiger partial charge in [-0.15, -0.1) is 0 Å². The zero-order chi connectivity index (χ0) is 16.9. The largest absolute Gasteiger partial charge is 0.481 e. The Morgan fingerprint density at radius 1 is 1.26 bits per heavy atom. The topological polar surface area (TPSA) is 104 Å². The maximum absolute atomic E-state index is 12.0. The van der Waals surface area contributed by atoms with Gasteiger partial charge in [0.05, 0.1) is 0 Å². The molecule has 1 aromatic heterocycles. The van der Waals surface area contributed by atoms with Crippen LogP contribution in [0.25, 0.3) is 11.4 Å². The number of carbonyl (C=O) groups excluding carboxylic acids is 1. The molecule has 0 atom stereocenters. The SMILES string of the molecule is CC(C)(CCC(=O)O)NC(=O)Nc1nc(-c2ccccc2)ns1. The zero-order valence-electron chi connectivity index (χ0n) is 12.9. The first kappa shape index (κ1) is 16.9. The molecule has 0 aliphatic heterocycles. The van der Waals surface area contributed by atoms with Crippen LogP contribution in [0.15, 0.2) is 30.3 Å². The van der Waals surface area contributed by atoms with E-state index in [1.165, 1.54) is 0 Å². The van der Waals surface area contributed by atoms with Crippen molar-refractivity contribution in [3.63, 3.8) is 0 Å². The van der Waals surface area contributed by atoms with E-state index in [2.05, 4.69) is 20.0 Å². The third-order valence-corrected chi connectivity index (χ3v) is 3.72. The van der Waals surface area contributed by atoms with Crippen LogP contribution in [0.1, 0.15) is 26.7 Å². The number of nitrogens with one attached hydrogen (secondary N) is 2. The Hall–Kier alpha value is -2.48. The summed E-state index contributed by atoms with van der Waals surface area (Å²) in [5.41, 5.74) is 0.245. The van der Waals surface area contributed by atoms with Gasteiger partial charge in [-0.25, -0.2) is 4.79 Å². The smallest absolute Gasteiger partial charge is 0.321 e. The molecule has 0 saturated heterocycles. The molecule has 0 unspecified atom stereocenters. The van der Waals surface area contributed by atoms with Crippen molar-refractivity contribution in [2.24, 2.45) is 0 Å². The third-order valence-electron chi connectivity index (χ3n) is 3.09. The van der Waals surface area contributed by atoms with E-state index in [1.807, 2.05) is 30.3 Å². The summed E-state index contributed by atoms with van der Waals surface area (Å²) in [6, 6.07) is 9.03. The van der Waals surface area contributed by atoms with Crippen LogP contribution in [0.4, 0.5) is 9.93 Å². The Balaban J connectivity index is 1.93. The van der Waals surface area contributed by atoms with E-state index in [0.29, 0.717) is 17.4 Å². The fraction of sp³-hybridized carbons (Fsp3) is 0.333. The minimum Gasteiger partial charge on any atom is -0.481 e. The van der Waals surface area contributed by atoms with Crippen LogP contribution in [0.5, 0.6) is 0 Å². The summed E-state index contributed by atoms with van der Waals surface area (Å²) in [6.45, 7) is 3.54. The summed E-state index contributed by atoms with van der Waals surface area (Å²) < 4.78 is 4.21. The van der Waals surface area contributed by atoms with Crippen molar-refractivity contribution in [1.82, 2.24) is 14.7 Å². The van der Waals surface area contributed by atoms with Crippen LogP contribution in [0, 0.1) is 0 Å². The summed E-state index contributed by atoms with van der Waals surface area (Å²) in [6.07, 6.45) is 0.325. The summed E-state index contributed by atoms with van der Waals surface area (Å²) in [5, 5.41) is 14.5. The van der Waals surface area contributed by atoms with Gasteiger partial charge >= 0.3 is 12.0 Å². The van der Waals surface area contributed by atoms with Crippen LogP contribution in [-0.2, 0) is 4.79 Å². The van der Waals surface area contributed by atoms with Crippen LogP contribution >= 0.6 is 11.5 Å². The Labute approximate surface area is 137 Å². The number of benzene rings is 1. The number of nitrogens with zero attached hydrogens (tertiary/aromatic N) is 2. The Bertz CT molecular complexity index is 685. The molecule has 0 fully saturated rings. The number of aromatic nitrogens is 2. The predicted molar refractivity (Wildman–Crippen MR) is 88.4 cm³/mol. The molecule has 0 aliphatic carbocycles. The second kappa shape index (κ2) is 7.19. The molecule has 1 aromatic carbocycles. The highest BCUT2D eigenvalue weighted by Gasteiger charge is 2.22. The van der Waals surface area contributed by atoms with E-state index in [0.717, 1.165) is 17.1 Å². The maximum Gasteiger partial charge on any atom is 0.321 e. The molecule has 2 amide bonds. The van der Waals surface area contributed by atoms with Gasteiger partial charge in [-0.2, -0.15) is 9.36 Å². The lowest BCUT2D eigenvalue weighted by Crippen LogP contribution is -2.45. The summed E-state index contributed by atoms with van der Waals surface area (Å²) in [5.74, 6) is -0.340. The molecular weight excluding hydrogens is 316 g/mol. The number of carboxylic acid groups (broad SMARTS) is 1. The molecule has 3 N–H and O–H groups in total. The van der Waals surface area contributed by atoms with E-state index >= 15 is 0 Å². The average molecular weight is 334 g/mol. The molecule has 0 radical (unpaired) electrons. The van der Waals surface area contributed by atoms with Gasteiger partial charge in [0, 0.05) is 29.1 Å². The van der Waals surface area contributed by atoms with Gasteiger partial charge < -0.3 is 10.4 Å². The average Bonchev–Trinajstić information content (AvgIpc) is 2.94. The van der Waals surface area contributed by atoms with Crippen LogP contribution in [0.3, 0.4) is 0 Å². The molecule has 0 bridgehead atoms. The number of carbonyl (C=O) groups is 2. The number of rotatable bonds is 6. The first-order valence-corrected chi connectivity index (χ1v) is 7.83. The van der Waals surface area contributed by atoms with Crippen molar-refractivity contribution in [3.8, 4) is 11.4 Å². The molecule has 2 rings (SSSR count). The molecule has 122 valence electrons. The van der Waals surface area contributed by atoms with Gasteiger partial charge in [0.1, 0.15) is 0 Å². The quantitative estimate of drug-likeness (QED) is 0.753. The number of amides is 2. The molecule has 0 aliphatic rings. The lowest BCUT2D eigenvalue weighted by atomic mass is 9.99. The molecule has 2 aromatic rings. The van der Waals surface area contributed by atoms with Crippen molar-refractivity contribution in [2.45, 2.75) is 32.2 Å². The number of hydrogen-bond donors (Lipinski definition) is 3. The summed E-state index contributed by atoms with van der Waals surface area (Å²) in [7, 11) is 0. The highest BCUT2D eigenvalue weighted by atomic mass is 32.1. The van der Waals surface area contributed by atoms with E-state index < -0.39 is 17.5 Å². The number of carboxylic acids is 1. The highest BCUT2D eigenvalue weighted by molar-refractivity contribution is 7.10. The van der Waals surface area contributed by atoms with Crippen molar-refractivity contribution in [3.05, 3.63) is 30.3 Å². The summed E-state index contributed by atoms with van der Waals surface area (Å²) >= 11 is 1.09. The maximum atomic E-state index is 12.0. The van der Waals surface area contributed by atoms with E-state index in [4.69, 9.17) is 5.11 Å². The molecule has 23 heavy (non-hydrogen) atoms. The molecule has 0 saturated carbocycles. The van der Waals surface area contributed by atoms with Crippen molar-refractivity contribution in [1.29, 1.82) is 0 Å². The van der Waals surface area contributed by atoms with Gasteiger partial charge in [-0.1, -0.05) is 30.3 Å². The normalized spacial score (nSPS) is 11.0. The van der Waals surface area contributed by atoms with Crippen molar-refractivity contribution in [2.75, 3.05) is 5.32 Å².